The van der Waals surface area contributed by atoms with Crippen molar-refractivity contribution in [3.63, 3.8) is 0 Å². The molecule has 0 N–H and O–H groups in total. The van der Waals surface area contributed by atoms with E-state index >= 15 is 0 Å². The lowest BCUT2D eigenvalue weighted by molar-refractivity contribution is 0.487. The van der Waals surface area contributed by atoms with E-state index in [-0.39, 0.29) is 11.8 Å². The van der Waals surface area contributed by atoms with Crippen molar-refractivity contribution in [2.75, 3.05) is 0 Å². The molecule has 0 atom stereocenters. The average Bonchev–Trinajstić information content (AvgIpc) is 2.94. The number of fused-ring (bicyclic) bond motifs is 1. The molecule has 0 aliphatic heterocycles. The third-order valence-electron chi connectivity index (χ3n) is 2.37. The molecule has 2 heterocycles. The highest BCUT2D eigenvalue weighted by Gasteiger charge is 2.31. The van der Waals surface area contributed by atoms with Crippen molar-refractivity contribution >= 4 is 45.6 Å². The summed E-state index contributed by atoms with van der Waals surface area (Å²) in [5.74, 6) is 0.541. The van der Waals surface area contributed by atoms with Crippen LogP contribution in [-0.2, 0) is 3.79 Å². The Morgan fingerprint density at radius 3 is 2.56 bits per heavy atom. The van der Waals surface area contributed by atoms with E-state index in [1.165, 1.54) is 0 Å². The molecule has 7 heteroatoms. The van der Waals surface area contributed by atoms with Crippen LogP contribution >= 0.6 is 34.8 Å². The average molecular weight is 304 g/mol. The summed E-state index contributed by atoms with van der Waals surface area (Å²) in [5, 5.41) is 9.28. The number of rotatable bonds is 1. The highest BCUT2D eigenvalue weighted by atomic mass is 35.6. The molecule has 4 nitrogen and oxygen atoms in total. The van der Waals surface area contributed by atoms with Gasteiger partial charge < -0.3 is 8.83 Å². The van der Waals surface area contributed by atoms with E-state index in [9.17, 15) is 0 Å². The lowest BCUT2D eigenvalue weighted by atomic mass is 10.2. The summed E-state index contributed by atoms with van der Waals surface area (Å²) in [6.07, 6.45) is 1.60. The molecule has 0 aliphatic rings. The maximum atomic E-state index is 5.66. The molecule has 0 radical (unpaired) electrons. The molecule has 3 aromatic rings. The lowest BCUT2D eigenvalue weighted by Crippen LogP contribution is -1.99. The van der Waals surface area contributed by atoms with Gasteiger partial charge in [-0.2, -0.15) is 0 Å². The molecule has 18 heavy (non-hydrogen) atoms. The van der Waals surface area contributed by atoms with Gasteiger partial charge in [-0.15, -0.1) is 10.2 Å². The van der Waals surface area contributed by atoms with Gasteiger partial charge in [0.25, 0.3) is 15.6 Å². The molecule has 0 fully saturated rings. The minimum absolute atomic E-state index is 0.0945. The van der Waals surface area contributed by atoms with Gasteiger partial charge in [-0.1, -0.05) is 59.1 Å². The fourth-order valence-electron chi connectivity index (χ4n) is 1.59. The molecule has 0 saturated carbocycles. The highest BCUT2D eigenvalue weighted by Crippen LogP contribution is 2.39. The second kappa shape index (κ2) is 4.16. The first-order valence-electron chi connectivity index (χ1n) is 4.93. The van der Waals surface area contributed by atoms with Crippen molar-refractivity contribution < 1.29 is 8.83 Å². The molecule has 3 rings (SSSR count). The van der Waals surface area contributed by atoms with Gasteiger partial charge in [0.15, 0.2) is 5.76 Å². The highest BCUT2D eigenvalue weighted by molar-refractivity contribution is 6.66. The maximum absolute atomic E-state index is 5.66. The summed E-state index contributed by atoms with van der Waals surface area (Å²) in [6, 6.07) is 7.58. The zero-order valence-electron chi connectivity index (χ0n) is 8.73. The van der Waals surface area contributed by atoms with E-state index in [1.807, 2.05) is 24.3 Å². The first kappa shape index (κ1) is 11.8. The minimum atomic E-state index is -1.74. The van der Waals surface area contributed by atoms with Gasteiger partial charge in [-0.3, -0.25) is 0 Å². The second-order valence-corrected chi connectivity index (χ2v) is 5.84. The van der Waals surface area contributed by atoms with Gasteiger partial charge >= 0.3 is 0 Å². The molecular formula is C11H5Cl3N2O2. The second-order valence-electron chi connectivity index (χ2n) is 3.56. The predicted molar refractivity (Wildman–Crippen MR) is 68.7 cm³/mol. The van der Waals surface area contributed by atoms with Crippen LogP contribution in [0.5, 0.6) is 0 Å². The normalized spacial score (nSPS) is 12.2. The summed E-state index contributed by atoms with van der Waals surface area (Å²) >= 11 is 17.0. The number of furan rings is 1. The van der Waals surface area contributed by atoms with Crippen LogP contribution in [0.3, 0.4) is 0 Å². The Labute approximate surface area is 116 Å². The fourth-order valence-corrected chi connectivity index (χ4v) is 1.82. The Hall–Kier alpha value is -1.23. The minimum Gasteiger partial charge on any atom is -0.458 e. The molecule has 0 amide bonds. The van der Waals surface area contributed by atoms with Gasteiger partial charge in [0.1, 0.15) is 0 Å². The van der Waals surface area contributed by atoms with E-state index < -0.39 is 3.79 Å². The van der Waals surface area contributed by atoms with E-state index in [2.05, 4.69) is 10.2 Å². The van der Waals surface area contributed by atoms with E-state index in [0.29, 0.717) is 5.76 Å². The third kappa shape index (κ3) is 1.96. The van der Waals surface area contributed by atoms with Crippen molar-refractivity contribution in [2.24, 2.45) is 0 Å². The summed E-state index contributed by atoms with van der Waals surface area (Å²) < 4.78 is 8.95. The molecule has 0 spiro atoms. The Morgan fingerprint density at radius 2 is 1.83 bits per heavy atom. The zero-order valence-corrected chi connectivity index (χ0v) is 11.0. The quantitative estimate of drug-likeness (QED) is 0.629. The molecule has 1 aromatic carbocycles. The van der Waals surface area contributed by atoms with Gasteiger partial charge in [0, 0.05) is 10.8 Å². The molecule has 0 saturated heterocycles. The number of nitrogens with zero attached hydrogens (tertiary/aromatic N) is 2. The van der Waals surface area contributed by atoms with Crippen molar-refractivity contribution in [1.82, 2.24) is 10.2 Å². The summed E-state index contributed by atoms with van der Waals surface area (Å²) in [7, 11) is 0. The largest absolute Gasteiger partial charge is 0.458 e. The Balaban J connectivity index is 2.13. The molecular weight excluding hydrogens is 298 g/mol. The Kier molecular flexibility index (Phi) is 2.73. The fraction of sp³-hybridized carbons (Fsp3) is 0.0909. The summed E-state index contributed by atoms with van der Waals surface area (Å²) in [6.45, 7) is 0. The van der Waals surface area contributed by atoms with Crippen LogP contribution in [0.4, 0.5) is 0 Å². The van der Waals surface area contributed by atoms with Gasteiger partial charge in [0.2, 0.25) is 0 Å². The molecule has 0 unspecified atom stereocenters. The van der Waals surface area contributed by atoms with Crippen molar-refractivity contribution in [3.8, 4) is 11.7 Å². The molecule has 0 bridgehead atoms. The van der Waals surface area contributed by atoms with Crippen LogP contribution < -0.4 is 0 Å². The van der Waals surface area contributed by atoms with Gasteiger partial charge in [-0.25, -0.2) is 0 Å². The number of halogens is 3. The Bertz CT molecular complexity index is 699. The number of alkyl halides is 3. The van der Waals surface area contributed by atoms with Crippen molar-refractivity contribution in [3.05, 3.63) is 36.4 Å². The monoisotopic (exact) mass is 302 g/mol. The predicted octanol–water partition coefficient (Wildman–Crippen LogP) is 4.31. The maximum Gasteiger partial charge on any atom is 0.284 e. The van der Waals surface area contributed by atoms with Crippen molar-refractivity contribution in [2.45, 2.75) is 3.79 Å². The van der Waals surface area contributed by atoms with Crippen molar-refractivity contribution in [1.29, 1.82) is 0 Å². The number of hydrogen-bond acceptors (Lipinski definition) is 4. The molecule has 2 aromatic heterocycles. The van der Waals surface area contributed by atoms with Gasteiger partial charge in [-0.05, 0) is 0 Å². The standard InChI is InChI=1S/C11H5Cl3N2O2/c12-11(13,14)10-16-15-9(18-10)8-7-4-2-1-3-6(7)5-17-8/h1-5H. The van der Waals surface area contributed by atoms with Crippen LogP contribution in [0.15, 0.2) is 39.4 Å². The van der Waals surface area contributed by atoms with E-state index in [1.54, 1.807) is 6.26 Å². The first-order chi connectivity index (χ1) is 8.55. The van der Waals surface area contributed by atoms with Crippen LogP contribution in [0.1, 0.15) is 5.89 Å². The Morgan fingerprint density at radius 1 is 1.06 bits per heavy atom. The SMILES string of the molecule is ClC(Cl)(Cl)c1nnc(-c2occ3ccccc23)o1. The lowest BCUT2D eigenvalue weighted by Gasteiger charge is -2.01. The molecule has 92 valence electrons. The summed E-state index contributed by atoms with van der Waals surface area (Å²) in [4.78, 5) is 0. The van der Waals surface area contributed by atoms with Crippen LogP contribution in [0.2, 0.25) is 0 Å². The number of benzene rings is 1. The van der Waals surface area contributed by atoms with E-state index in [0.717, 1.165) is 10.8 Å². The van der Waals surface area contributed by atoms with Crippen LogP contribution in [-0.4, -0.2) is 10.2 Å². The summed E-state index contributed by atoms with van der Waals surface area (Å²) in [5.41, 5.74) is 0. The first-order valence-corrected chi connectivity index (χ1v) is 6.06. The van der Waals surface area contributed by atoms with Crippen LogP contribution in [0.25, 0.3) is 22.4 Å². The smallest absolute Gasteiger partial charge is 0.284 e. The number of aromatic nitrogens is 2. The van der Waals surface area contributed by atoms with Gasteiger partial charge in [0.05, 0.1) is 6.26 Å². The zero-order chi connectivity index (χ0) is 12.8. The topological polar surface area (TPSA) is 52.1 Å². The third-order valence-corrected chi connectivity index (χ3v) is 2.86. The molecule has 0 aliphatic carbocycles. The number of hydrogen-bond donors (Lipinski definition) is 0. The van der Waals surface area contributed by atoms with E-state index in [4.69, 9.17) is 43.6 Å². The van der Waals surface area contributed by atoms with Crippen LogP contribution in [0, 0.1) is 0 Å².